The monoisotopic (exact) mass is 400 g/mol. The van der Waals surface area contributed by atoms with Gasteiger partial charge >= 0.3 is 6.09 Å². The second kappa shape index (κ2) is 7.75. The number of nitrogens with zero attached hydrogens (tertiary/aromatic N) is 5. The molecular formula is C14H21BrN6O3. The molecule has 2 N–H and O–H groups in total. The van der Waals surface area contributed by atoms with Crippen molar-refractivity contribution in [1.29, 1.82) is 0 Å². The normalized spacial score (nSPS) is 15.7. The van der Waals surface area contributed by atoms with Gasteiger partial charge in [-0.25, -0.2) is 14.8 Å². The van der Waals surface area contributed by atoms with E-state index in [9.17, 15) is 4.79 Å². The molecule has 2 heterocycles. The smallest absolute Gasteiger partial charge is 0.410 e. The maximum atomic E-state index is 12.1. The van der Waals surface area contributed by atoms with E-state index >= 15 is 0 Å². The molecule has 1 saturated heterocycles. The minimum atomic E-state index is -0.503. The van der Waals surface area contributed by atoms with Crippen molar-refractivity contribution in [2.24, 2.45) is 4.99 Å². The number of rotatable bonds is 3. The summed E-state index contributed by atoms with van der Waals surface area (Å²) in [5.41, 5.74) is 1.33. The van der Waals surface area contributed by atoms with E-state index in [-0.39, 0.29) is 6.09 Å². The van der Waals surface area contributed by atoms with E-state index in [1.807, 2.05) is 31.2 Å². The minimum absolute atomic E-state index is 0.307. The summed E-state index contributed by atoms with van der Waals surface area (Å²) < 4.78 is 5.99. The van der Waals surface area contributed by atoms with Crippen molar-refractivity contribution in [1.82, 2.24) is 20.3 Å². The summed E-state index contributed by atoms with van der Waals surface area (Å²) in [4.78, 5) is 28.3. The lowest BCUT2D eigenvalue weighted by Gasteiger charge is -2.35. The fourth-order valence-electron chi connectivity index (χ4n) is 2.10. The minimum Gasteiger partial charge on any atom is -0.444 e. The van der Waals surface area contributed by atoms with Gasteiger partial charge in [-0.15, -0.1) is 0 Å². The van der Waals surface area contributed by atoms with Gasteiger partial charge in [0.05, 0.1) is 4.47 Å². The van der Waals surface area contributed by atoms with Crippen LogP contribution < -0.4 is 10.4 Å². The van der Waals surface area contributed by atoms with Crippen LogP contribution in [-0.2, 0) is 4.74 Å². The Morgan fingerprint density at radius 2 is 2.08 bits per heavy atom. The molecule has 24 heavy (non-hydrogen) atoms. The van der Waals surface area contributed by atoms with Crippen molar-refractivity contribution >= 4 is 40.1 Å². The standard InChI is InChI=1S/C14H21BrN6O3/c1-14(2,3)24-13(22)21-6-4-20(5-7-21)12-16-8-10(15)11(19-12)17-9-18-23/h8-9,23H,4-7H2,1-3H3,(H,16,17,18,19). The van der Waals surface area contributed by atoms with Crippen molar-refractivity contribution in [2.75, 3.05) is 31.1 Å². The lowest BCUT2D eigenvalue weighted by atomic mass is 10.2. The third-order valence-corrected chi connectivity index (χ3v) is 3.73. The van der Waals surface area contributed by atoms with E-state index in [2.05, 4.69) is 30.9 Å². The topological polar surface area (TPSA) is 103 Å². The molecule has 0 radical (unpaired) electrons. The maximum absolute atomic E-state index is 12.1. The van der Waals surface area contributed by atoms with Crippen LogP contribution in [0.25, 0.3) is 0 Å². The molecule has 0 aromatic carbocycles. The number of halogens is 1. The molecule has 0 unspecified atom stereocenters. The molecule has 132 valence electrons. The Hall–Kier alpha value is -1.94. The zero-order chi connectivity index (χ0) is 17.7. The van der Waals surface area contributed by atoms with Gasteiger partial charge in [0, 0.05) is 32.4 Å². The summed E-state index contributed by atoms with van der Waals surface area (Å²) in [6, 6.07) is 0. The highest BCUT2D eigenvalue weighted by Crippen LogP contribution is 2.24. The molecule has 1 aromatic rings. The van der Waals surface area contributed by atoms with Gasteiger partial charge in [-0.3, -0.25) is 10.7 Å². The number of carbonyl (C=O) groups is 1. The number of carbonyl (C=O) groups excluding carboxylic acids is 1. The van der Waals surface area contributed by atoms with Crippen molar-refractivity contribution in [3.63, 3.8) is 0 Å². The van der Waals surface area contributed by atoms with Crippen LogP contribution in [0.5, 0.6) is 0 Å². The highest BCUT2D eigenvalue weighted by Gasteiger charge is 2.26. The van der Waals surface area contributed by atoms with E-state index < -0.39 is 5.60 Å². The zero-order valence-corrected chi connectivity index (χ0v) is 15.4. The Morgan fingerprint density at radius 1 is 1.42 bits per heavy atom. The predicted octanol–water partition coefficient (Wildman–Crippen LogP) is 1.93. The summed E-state index contributed by atoms with van der Waals surface area (Å²) in [5, 5.41) is 8.58. The summed E-state index contributed by atoms with van der Waals surface area (Å²) in [7, 11) is 0. The van der Waals surface area contributed by atoms with Gasteiger partial charge < -0.3 is 14.5 Å². The van der Waals surface area contributed by atoms with Gasteiger partial charge in [0.1, 0.15) is 11.9 Å². The first-order valence-corrected chi connectivity index (χ1v) is 8.27. The van der Waals surface area contributed by atoms with Gasteiger partial charge in [-0.2, -0.15) is 4.98 Å². The fourth-order valence-corrected chi connectivity index (χ4v) is 2.39. The van der Waals surface area contributed by atoms with Crippen LogP contribution in [-0.4, -0.2) is 64.3 Å². The average molecular weight is 401 g/mol. The molecule has 0 atom stereocenters. The molecule has 1 fully saturated rings. The molecule has 0 aliphatic carbocycles. The number of ether oxygens (including phenoxy) is 1. The van der Waals surface area contributed by atoms with Crippen LogP contribution in [0.4, 0.5) is 16.6 Å². The lowest BCUT2D eigenvalue weighted by Crippen LogP contribution is -2.50. The number of nitrogens with one attached hydrogen (secondary N) is 1. The first-order chi connectivity index (χ1) is 11.3. The number of hydrogen-bond donors (Lipinski definition) is 2. The molecule has 1 amide bonds. The van der Waals surface area contributed by atoms with Gasteiger partial charge in [0.2, 0.25) is 5.95 Å². The van der Waals surface area contributed by atoms with Crippen LogP contribution in [0.3, 0.4) is 0 Å². The second-order valence-electron chi connectivity index (χ2n) is 6.18. The van der Waals surface area contributed by atoms with Crippen LogP contribution in [0, 0.1) is 0 Å². The molecule has 1 aromatic heterocycles. The third-order valence-electron chi connectivity index (χ3n) is 3.17. The largest absolute Gasteiger partial charge is 0.444 e. The second-order valence-corrected chi connectivity index (χ2v) is 7.04. The van der Waals surface area contributed by atoms with Crippen molar-refractivity contribution < 1.29 is 14.7 Å². The van der Waals surface area contributed by atoms with E-state index in [0.717, 1.165) is 6.34 Å². The molecule has 1 aliphatic rings. The molecule has 0 saturated carbocycles. The molecule has 0 spiro atoms. The van der Waals surface area contributed by atoms with Crippen molar-refractivity contribution in [2.45, 2.75) is 26.4 Å². The number of hydroxylamine groups is 1. The van der Waals surface area contributed by atoms with Crippen LogP contribution in [0.2, 0.25) is 0 Å². The van der Waals surface area contributed by atoms with Gasteiger partial charge in [-0.1, -0.05) is 0 Å². The van der Waals surface area contributed by atoms with Gasteiger partial charge in [-0.05, 0) is 36.7 Å². The number of piperazine rings is 1. The lowest BCUT2D eigenvalue weighted by molar-refractivity contribution is 0.0240. The van der Waals surface area contributed by atoms with Gasteiger partial charge in [0.15, 0.2) is 5.82 Å². The zero-order valence-electron chi connectivity index (χ0n) is 13.9. The molecule has 1 aliphatic heterocycles. The summed E-state index contributed by atoms with van der Waals surface area (Å²) in [6.45, 7) is 7.81. The molecule has 10 heteroatoms. The Morgan fingerprint density at radius 3 is 2.67 bits per heavy atom. The van der Waals surface area contributed by atoms with E-state index in [1.54, 1.807) is 11.1 Å². The SMILES string of the molecule is CC(C)(C)OC(=O)N1CCN(c2ncc(Br)c(/N=C\NO)n2)CC1. The van der Waals surface area contributed by atoms with Crippen LogP contribution in [0.15, 0.2) is 15.7 Å². The predicted molar refractivity (Wildman–Crippen MR) is 92.8 cm³/mol. The maximum Gasteiger partial charge on any atom is 0.410 e. The number of aliphatic imine (C=N–C) groups is 1. The third kappa shape index (κ3) is 5.03. The van der Waals surface area contributed by atoms with E-state index in [1.165, 1.54) is 0 Å². The number of anilines is 1. The van der Waals surface area contributed by atoms with Gasteiger partial charge in [0.25, 0.3) is 0 Å². The van der Waals surface area contributed by atoms with E-state index in [4.69, 9.17) is 9.94 Å². The quantitative estimate of drug-likeness (QED) is 0.453. The number of hydrogen-bond acceptors (Lipinski definition) is 7. The Kier molecular flexibility index (Phi) is 5.94. The van der Waals surface area contributed by atoms with E-state index in [0.29, 0.717) is 42.4 Å². The number of aromatic nitrogens is 2. The molecule has 2 rings (SSSR count). The fraction of sp³-hybridized carbons (Fsp3) is 0.571. The first-order valence-electron chi connectivity index (χ1n) is 7.48. The summed E-state index contributed by atoms with van der Waals surface area (Å²) in [6.07, 6.45) is 2.42. The van der Waals surface area contributed by atoms with Crippen LogP contribution in [0.1, 0.15) is 20.8 Å². The molecule has 0 bridgehead atoms. The highest BCUT2D eigenvalue weighted by atomic mass is 79.9. The number of amides is 1. The summed E-state index contributed by atoms with van der Waals surface area (Å²) >= 11 is 3.31. The van der Waals surface area contributed by atoms with Crippen molar-refractivity contribution in [3.05, 3.63) is 10.7 Å². The Labute approximate surface area is 148 Å². The Balaban J connectivity index is 1.99. The van der Waals surface area contributed by atoms with Crippen molar-refractivity contribution in [3.8, 4) is 0 Å². The van der Waals surface area contributed by atoms with Crippen LogP contribution >= 0.6 is 15.9 Å². The summed E-state index contributed by atoms with van der Waals surface area (Å²) in [5.74, 6) is 0.920. The first kappa shape index (κ1) is 18.4. The average Bonchev–Trinajstić information content (AvgIpc) is 2.53. The molecular weight excluding hydrogens is 380 g/mol. The highest BCUT2D eigenvalue weighted by molar-refractivity contribution is 9.10. The molecule has 9 nitrogen and oxygen atoms in total. The Bertz CT molecular complexity index is 611.